The van der Waals surface area contributed by atoms with Gasteiger partial charge in [0.1, 0.15) is 12.4 Å². The van der Waals surface area contributed by atoms with Crippen LogP contribution in [0.1, 0.15) is 43.0 Å². The monoisotopic (exact) mass is 209 g/mol. The molecule has 15 heavy (non-hydrogen) atoms. The Kier molecular flexibility index (Phi) is 3.07. The van der Waals surface area contributed by atoms with Crippen LogP contribution in [0.3, 0.4) is 0 Å². The number of nitrogens with two attached hydrogens (primary N) is 1. The van der Waals surface area contributed by atoms with Crippen LogP contribution in [0.2, 0.25) is 0 Å². The molecule has 0 saturated heterocycles. The van der Waals surface area contributed by atoms with E-state index in [4.69, 9.17) is 10.5 Å². The second-order valence-corrected chi connectivity index (χ2v) is 4.05. The third-order valence-corrected chi connectivity index (χ3v) is 3.02. The molecule has 2 rings (SSSR count). The van der Waals surface area contributed by atoms with E-state index in [1.165, 1.54) is 11.4 Å². The number of nitrogens with zero attached hydrogens (tertiary/aromatic N) is 2. The zero-order valence-corrected chi connectivity index (χ0v) is 9.49. The summed E-state index contributed by atoms with van der Waals surface area (Å²) < 4.78 is 7.50. The molecule has 0 aliphatic heterocycles. The van der Waals surface area contributed by atoms with Crippen molar-refractivity contribution in [2.75, 3.05) is 6.61 Å². The van der Waals surface area contributed by atoms with Crippen LogP contribution in [-0.4, -0.2) is 16.2 Å². The van der Waals surface area contributed by atoms with Gasteiger partial charge in [-0.1, -0.05) is 0 Å². The first-order chi connectivity index (χ1) is 7.24. The summed E-state index contributed by atoms with van der Waals surface area (Å²) in [5.41, 5.74) is 8.46. The molecule has 1 aliphatic carbocycles. The standard InChI is InChI=1S/C11H19N3O/c1-3-15-7-10-13-9-6-4-5-8(12)11(9)14(10)2/h8H,3-7,12H2,1-2H3. The lowest BCUT2D eigenvalue weighted by molar-refractivity contribution is 0.126. The first-order valence-corrected chi connectivity index (χ1v) is 5.61. The average Bonchev–Trinajstić information content (AvgIpc) is 2.54. The Labute approximate surface area is 90.4 Å². The Morgan fingerprint density at radius 1 is 1.60 bits per heavy atom. The molecule has 1 unspecified atom stereocenters. The molecule has 0 spiro atoms. The van der Waals surface area contributed by atoms with Gasteiger partial charge in [-0.15, -0.1) is 0 Å². The zero-order valence-electron chi connectivity index (χ0n) is 9.49. The fourth-order valence-electron chi connectivity index (χ4n) is 2.22. The van der Waals surface area contributed by atoms with Gasteiger partial charge < -0.3 is 15.0 Å². The lowest BCUT2D eigenvalue weighted by Crippen LogP contribution is -2.20. The highest BCUT2D eigenvalue weighted by Gasteiger charge is 2.23. The van der Waals surface area contributed by atoms with Gasteiger partial charge in [0.25, 0.3) is 0 Å². The molecule has 1 aromatic rings. The summed E-state index contributed by atoms with van der Waals surface area (Å²) in [7, 11) is 2.03. The van der Waals surface area contributed by atoms with E-state index >= 15 is 0 Å². The molecular weight excluding hydrogens is 190 g/mol. The third kappa shape index (κ3) is 1.92. The van der Waals surface area contributed by atoms with E-state index in [0.717, 1.165) is 31.7 Å². The highest BCUT2D eigenvalue weighted by molar-refractivity contribution is 5.23. The number of rotatable bonds is 3. The van der Waals surface area contributed by atoms with E-state index in [1.807, 2.05) is 14.0 Å². The van der Waals surface area contributed by atoms with Gasteiger partial charge in [-0.3, -0.25) is 0 Å². The topological polar surface area (TPSA) is 53.1 Å². The minimum Gasteiger partial charge on any atom is -0.374 e. The van der Waals surface area contributed by atoms with Crippen molar-refractivity contribution in [1.29, 1.82) is 0 Å². The molecule has 0 radical (unpaired) electrons. The number of aromatic nitrogens is 2. The number of hydrogen-bond donors (Lipinski definition) is 1. The van der Waals surface area contributed by atoms with Crippen LogP contribution in [0.5, 0.6) is 0 Å². The largest absolute Gasteiger partial charge is 0.374 e. The fraction of sp³-hybridized carbons (Fsp3) is 0.727. The summed E-state index contributed by atoms with van der Waals surface area (Å²) in [5, 5.41) is 0. The molecule has 1 heterocycles. The van der Waals surface area contributed by atoms with Crippen molar-refractivity contribution in [3.8, 4) is 0 Å². The van der Waals surface area contributed by atoms with Crippen LogP contribution in [0.4, 0.5) is 0 Å². The minimum absolute atomic E-state index is 0.154. The second kappa shape index (κ2) is 4.33. The molecular formula is C11H19N3O. The van der Waals surface area contributed by atoms with Gasteiger partial charge in [-0.05, 0) is 26.2 Å². The molecule has 4 nitrogen and oxygen atoms in total. The van der Waals surface area contributed by atoms with Crippen molar-refractivity contribution in [3.63, 3.8) is 0 Å². The molecule has 0 amide bonds. The highest BCUT2D eigenvalue weighted by atomic mass is 16.5. The number of aryl methyl sites for hydroxylation is 1. The summed E-state index contributed by atoms with van der Waals surface area (Å²) in [6.07, 6.45) is 3.28. The van der Waals surface area contributed by atoms with E-state index in [0.29, 0.717) is 6.61 Å². The van der Waals surface area contributed by atoms with Crippen LogP contribution in [0, 0.1) is 0 Å². The first kappa shape index (κ1) is 10.6. The first-order valence-electron chi connectivity index (χ1n) is 5.61. The molecule has 1 aliphatic rings. The summed E-state index contributed by atoms with van der Waals surface area (Å²) in [6, 6.07) is 0.154. The third-order valence-electron chi connectivity index (χ3n) is 3.02. The van der Waals surface area contributed by atoms with Crippen LogP contribution < -0.4 is 5.73 Å². The SMILES string of the molecule is CCOCc1nc2c(n1C)C(N)CCC2. The van der Waals surface area contributed by atoms with E-state index in [1.54, 1.807) is 0 Å². The van der Waals surface area contributed by atoms with Gasteiger partial charge in [0.2, 0.25) is 0 Å². The Balaban J connectivity index is 2.27. The maximum absolute atomic E-state index is 6.09. The van der Waals surface area contributed by atoms with Gasteiger partial charge in [0, 0.05) is 19.7 Å². The van der Waals surface area contributed by atoms with Crippen molar-refractivity contribution in [2.24, 2.45) is 12.8 Å². The van der Waals surface area contributed by atoms with Gasteiger partial charge in [0.15, 0.2) is 0 Å². The highest BCUT2D eigenvalue weighted by Crippen LogP contribution is 2.27. The van der Waals surface area contributed by atoms with E-state index in [-0.39, 0.29) is 6.04 Å². The van der Waals surface area contributed by atoms with E-state index < -0.39 is 0 Å². The van der Waals surface area contributed by atoms with Crippen molar-refractivity contribution >= 4 is 0 Å². The van der Waals surface area contributed by atoms with E-state index in [2.05, 4.69) is 9.55 Å². The Morgan fingerprint density at radius 2 is 2.40 bits per heavy atom. The van der Waals surface area contributed by atoms with Gasteiger partial charge >= 0.3 is 0 Å². The van der Waals surface area contributed by atoms with Gasteiger partial charge in [-0.2, -0.15) is 0 Å². The van der Waals surface area contributed by atoms with Gasteiger partial charge in [0.05, 0.1) is 11.4 Å². The Morgan fingerprint density at radius 3 is 3.07 bits per heavy atom. The smallest absolute Gasteiger partial charge is 0.135 e. The Hall–Kier alpha value is -0.870. The fourth-order valence-corrected chi connectivity index (χ4v) is 2.22. The maximum Gasteiger partial charge on any atom is 0.135 e. The van der Waals surface area contributed by atoms with Crippen LogP contribution in [0.15, 0.2) is 0 Å². The lowest BCUT2D eigenvalue weighted by Gasteiger charge is -2.19. The predicted molar refractivity (Wildman–Crippen MR) is 58.4 cm³/mol. The second-order valence-electron chi connectivity index (χ2n) is 4.05. The molecule has 84 valence electrons. The van der Waals surface area contributed by atoms with Crippen LogP contribution in [-0.2, 0) is 24.8 Å². The average molecular weight is 209 g/mol. The van der Waals surface area contributed by atoms with Crippen molar-refractivity contribution in [1.82, 2.24) is 9.55 Å². The van der Waals surface area contributed by atoms with E-state index in [9.17, 15) is 0 Å². The van der Waals surface area contributed by atoms with Crippen molar-refractivity contribution in [2.45, 2.75) is 38.8 Å². The molecule has 1 atom stereocenters. The van der Waals surface area contributed by atoms with Gasteiger partial charge in [-0.25, -0.2) is 4.98 Å². The molecule has 0 fully saturated rings. The minimum atomic E-state index is 0.154. The molecule has 1 aromatic heterocycles. The summed E-state index contributed by atoms with van der Waals surface area (Å²) in [5.74, 6) is 0.999. The number of imidazole rings is 1. The molecule has 2 N–H and O–H groups in total. The van der Waals surface area contributed by atoms with Crippen molar-refractivity contribution < 1.29 is 4.74 Å². The number of hydrogen-bond acceptors (Lipinski definition) is 3. The maximum atomic E-state index is 6.09. The Bertz CT molecular complexity index is 346. The predicted octanol–water partition coefficient (Wildman–Crippen LogP) is 1.29. The summed E-state index contributed by atoms with van der Waals surface area (Å²) >= 11 is 0. The normalized spacial score (nSPS) is 20.3. The molecule has 0 saturated carbocycles. The molecule has 4 heteroatoms. The quantitative estimate of drug-likeness (QED) is 0.816. The summed E-state index contributed by atoms with van der Waals surface area (Å²) in [4.78, 5) is 4.60. The van der Waals surface area contributed by atoms with Crippen molar-refractivity contribution in [3.05, 3.63) is 17.2 Å². The molecule has 0 bridgehead atoms. The summed E-state index contributed by atoms with van der Waals surface area (Å²) in [6.45, 7) is 3.31. The van der Waals surface area contributed by atoms with Crippen LogP contribution >= 0.6 is 0 Å². The van der Waals surface area contributed by atoms with Crippen LogP contribution in [0.25, 0.3) is 0 Å². The zero-order chi connectivity index (χ0) is 10.8. The lowest BCUT2D eigenvalue weighted by atomic mass is 9.97. The molecule has 0 aromatic carbocycles. The number of ether oxygens (including phenoxy) is 1. The number of fused-ring (bicyclic) bond motifs is 1.